The maximum absolute atomic E-state index is 11.5. The van der Waals surface area contributed by atoms with E-state index in [1.54, 1.807) is 12.1 Å². The molecule has 0 saturated heterocycles. The van der Waals surface area contributed by atoms with E-state index in [1.165, 1.54) is 19.2 Å². The van der Waals surface area contributed by atoms with Crippen molar-refractivity contribution in [2.24, 2.45) is 5.92 Å². The van der Waals surface area contributed by atoms with Crippen molar-refractivity contribution >= 4 is 11.8 Å². The molecule has 1 N–H and O–H groups in total. The first kappa shape index (κ1) is 13.8. The number of non-ortho nitro benzene ring substituents is 1. The quantitative estimate of drug-likeness (QED) is 0.669. The van der Waals surface area contributed by atoms with Crippen LogP contribution < -0.4 is 5.32 Å². The number of benzene rings is 1. The minimum Gasteiger partial charge on any atom is -0.453 e. The zero-order chi connectivity index (χ0) is 14.8. The molecule has 1 aromatic rings. The summed E-state index contributed by atoms with van der Waals surface area (Å²) >= 11 is 0. The number of alkyl carbamates (subject to hydrolysis) is 1. The fourth-order valence-electron chi connectivity index (χ4n) is 2.40. The van der Waals surface area contributed by atoms with Gasteiger partial charge in [-0.15, -0.1) is 0 Å². The van der Waals surface area contributed by atoms with Gasteiger partial charge in [-0.05, 0) is 12.0 Å². The van der Waals surface area contributed by atoms with Gasteiger partial charge in [-0.3, -0.25) is 10.1 Å². The predicted octanol–water partition coefficient (Wildman–Crippen LogP) is 2.08. The van der Waals surface area contributed by atoms with Crippen LogP contribution in [0.4, 0.5) is 10.5 Å². The molecule has 1 amide bonds. The van der Waals surface area contributed by atoms with Crippen LogP contribution in [0.25, 0.3) is 0 Å². The summed E-state index contributed by atoms with van der Waals surface area (Å²) < 4.78 is 4.58. The third-order valence-electron chi connectivity index (χ3n) is 3.53. The summed E-state index contributed by atoms with van der Waals surface area (Å²) in [6.07, 6.45) is 0.223. The lowest BCUT2D eigenvalue weighted by molar-refractivity contribution is -0.385. The molecule has 0 aromatic heterocycles. The highest BCUT2D eigenvalue weighted by molar-refractivity contribution is 5.69. The van der Waals surface area contributed by atoms with Crippen LogP contribution in [-0.2, 0) is 10.3 Å². The highest BCUT2D eigenvalue weighted by atomic mass is 16.6. The smallest absolute Gasteiger partial charge is 0.407 e. The molecule has 7 heteroatoms. The molecule has 2 rings (SSSR count). The summed E-state index contributed by atoms with van der Waals surface area (Å²) in [4.78, 5) is 21.8. The summed E-state index contributed by atoms with van der Waals surface area (Å²) in [6, 6.07) is 8.14. The minimum atomic E-state index is -0.741. The highest BCUT2D eigenvalue weighted by Crippen LogP contribution is 2.54. The van der Waals surface area contributed by atoms with Crippen LogP contribution in [0.3, 0.4) is 0 Å². The van der Waals surface area contributed by atoms with E-state index in [2.05, 4.69) is 16.1 Å². The number of nitro groups is 1. The van der Waals surface area contributed by atoms with Gasteiger partial charge in [0, 0.05) is 24.5 Å². The first-order chi connectivity index (χ1) is 9.53. The fraction of sp³-hybridized carbons (Fsp3) is 0.385. The van der Waals surface area contributed by atoms with Gasteiger partial charge in [0.15, 0.2) is 0 Å². The minimum absolute atomic E-state index is 0.0452. The van der Waals surface area contributed by atoms with Gasteiger partial charge >= 0.3 is 6.09 Å². The van der Waals surface area contributed by atoms with Crippen molar-refractivity contribution < 1.29 is 14.5 Å². The van der Waals surface area contributed by atoms with E-state index < -0.39 is 16.6 Å². The lowest BCUT2D eigenvalue weighted by Crippen LogP contribution is -2.36. The van der Waals surface area contributed by atoms with Gasteiger partial charge in [-0.25, -0.2) is 4.79 Å². The Labute approximate surface area is 115 Å². The Morgan fingerprint density at radius 1 is 1.70 bits per heavy atom. The van der Waals surface area contributed by atoms with Gasteiger partial charge in [0.2, 0.25) is 0 Å². The molecule has 104 valence electrons. The van der Waals surface area contributed by atoms with Crippen LogP contribution in [0.2, 0.25) is 0 Å². The Morgan fingerprint density at radius 3 is 3.05 bits per heavy atom. The van der Waals surface area contributed by atoms with Gasteiger partial charge < -0.3 is 10.1 Å². The van der Waals surface area contributed by atoms with Gasteiger partial charge in [-0.1, -0.05) is 12.1 Å². The molecule has 1 fully saturated rings. The normalized spacial score (nSPS) is 23.5. The second-order valence-electron chi connectivity index (χ2n) is 4.66. The van der Waals surface area contributed by atoms with Crippen LogP contribution in [0, 0.1) is 27.4 Å². The lowest BCUT2D eigenvalue weighted by Gasteiger charge is -2.18. The van der Waals surface area contributed by atoms with Gasteiger partial charge in [0.25, 0.3) is 5.69 Å². The second kappa shape index (κ2) is 5.17. The van der Waals surface area contributed by atoms with Crippen molar-refractivity contribution in [1.29, 1.82) is 5.26 Å². The molecule has 0 heterocycles. The molecule has 1 aromatic carbocycles. The van der Waals surface area contributed by atoms with Crippen molar-refractivity contribution in [3.63, 3.8) is 0 Å². The van der Waals surface area contributed by atoms with Crippen molar-refractivity contribution in [3.05, 3.63) is 39.9 Å². The Balaban J connectivity index is 2.34. The van der Waals surface area contributed by atoms with Gasteiger partial charge in [0.1, 0.15) is 0 Å². The summed E-state index contributed by atoms with van der Waals surface area (Å²) in [7, 11) is 1.25. The molecule has 0 radical (unpaired) electrons. The molecular formula is C13H13N3O4. The third-order valence-corrected chi connectivity index (χ3v) is 3.53. The lowest BCUT2D eigenvalue weighted by atomic mass is 10.0. The van der Waals surface area contributed by atoms with Gasteiger partial charge in [-0.2, -0.15) is 5.26 Å². The first-order valence-corrected chi connectivity index (χ1v) is 6.01. The van der Waals surface area contributed by atoms with E-state index in [-0.39, 0.29) is 18.0 Å². The molecular weight excluding hydrogens is 262 g/mol. The number of amides is 1. The van der Waals surface area contributed by atoms with Crippen molar-refractivity contribution in [2.45, 2.75) is 18.4 Å². The molecule has 2 atom stereocenters. The zero-order valence-corrected chi connectivity index (χ0v) is 10.8. The number of nitrogens with one attached hydrogen (secondary N) is 1. The number of nitriles is 1. The molecule has 1 saturated carbocycles. The number of nitro benzene ring substituents is 1. The molecule has 0 bridgehead atoms. The number of rotatable bonds is 4. The number of nitrogens with zero attached hydrogens (tertiary/aromatic N) is 2. The van der Waals surface area contributed by atoms with Crippen molar-refractivity contribution in [2.75, 3.05) is 7.11 Å². The Morgan fingerprint density at radius 2 is 2.45 bits per heavy atom. The number of hydrogen-bond donors (Lipinski definition) is 1. The topological polar surface area (TPSA) is 105 Å². The van der Waals surface area contributed by atoms with Crippen LogP contribution in [0.15, 0.2) is 24.3 Å². The van der Waals surface area contributed by atoms with Crippen LogP contribution in [0.1, 0.15) is 18.4 Å². The Bertz CT molecular complexity index is 596. The van der Waals surface area contributed by atoms with E-state index in [9.17, 15) is 14.9 Å². The fourth-order valence-corrected chi connectivity index (χ4v) is 2.40. The second-order valence-corrected chi connectivity index (χ2v) is 4.66. The van der Waals surface area contributed by atoms with E-state index in [0.29, 0.717) is 12.0 Å². The number of carbonyl (C=O) groups is 1. The van der Waals surface area contributed by atoms with Crippen molar-refractivity contribution in [3.8, 4) is 6.07 Å². The summed E-state index contributed by atoms with van der Waals surface area (Å²) in [5.41, 5.74) is -0.164. The molecule has 1 aliphatic rings. The van der Waals surface area contributed by atoms with E-state index in [4.69, 9.17) is 5.26 Å². The standard InChI is InChI=1S/C13H13N3O4/c1-20-12(17)15-13(8-10(13)5-6-14)9-3-2-4-11(7-9)16(18)19/h2-4,7,10H,5,8H2,1H3,(H,15,17)/t10-,13-/m1/s1. The molecule has 7 nitrogen and oxygen atoms in total. The average molecular weight is 275 g/mol. The molecule has 0 aliphatic heterocycles. The first-order valence-electron chi connectivity index (χ1n) is 6.01. The zero-order valence-electron chi connectivity index (χ0n) is 10.8. The average Bonchev–Trinajstić information content (AvgIpc) is 3.13. The molecule has 20 heavy (non-hydrogen) atoms. The van der Waals surface area contributed by atoms with Crippen LogP contribution in [0.5, 0.6) is 0 Å². The van der Waals surface area contributed by atoms with Gasteiger partial charge in [0.05, 0.1) is 23.6 Å². The Kier molecular flexibility index (Phi) is 3.57. The maximum atomic E-state index is 11.5. The number of ether oxygens (including phenoxy) is 1. The monoisotopic (exact) mass is 275 g/mol. The van der Waals surface area contributed by atoms with E-state index >= 15 is 0 Å². The molecule has 1 aliphatic carbocycles. The third kappa shape index (κ3) is 2.40. The predicted molar refractivity (Wildman–Crippen MR) is 68.7 cm³/mol. The van der Waals surface area contributed by atoms with Crippen LogP contribution >= 0.6 is 0 Å². The largest absolute Gasteiger partial charge is 0.453 e. The van der Waals surface area contributed by atoms with Crippen LogP contribution in [-0.4, -0.2) is 18.1 Å². The maximum Gasteiger partial charge on any atom is 0.407 e. The summed E-state index contributed by atoms with van der Waals surface area (Å²) in [5.74, 6) is -0.0615. The summed E-state index contributed by atoms with van der Waals surface area (Å²) in [5, 5.41) is 22.3. The summed E-state index contributed by atoms with van der Waals surface area (Å²) in [6.45, 7) is 0. The van der Waals surface area contributed by atoms with E-state index in [0.717, 1.165) is 0 Å². The highest BCUT2D eigenvalue weighted by Gasteiger charge is 2.56. The molecule has 0 spiro atoms. The van der Waals surface area contributed by atoms with E-state index in [1.807, 2.05) is 0 Å². The number of methoxy groups -OCH3 is 1. The number of hydrogen-bond acceptors (Lipinski definition) is 5. The SMILES string of the molecule is COC(=O)N[C@@]1(c2cccc([N+](=O)[O-])c2)C[C@H]1CC#N. The molecule has 0 unspecified atom stereocenters. The Hall–Kier alpha value is -2.62. The number of carbonyl (C=O) groups excluding carboxylic acids is 1. The van der Waals surface area contributed by atoms with Crippen molar-refractivity contribution in [1.82, 2.24) is 5.32 Å².